The Hall–Kier alpha value is -2.80. The number of aryl methyl sites for hydroxylation is 3. The molecule has 2 aromatic carbocycles. The molecule has 3 rings (SSSR count). The van der Waals surface area contributed by atoms with E-state index in [1.54, 1.807) is 25.1 Å². The molecule has 0 bridgehead atoms. The zero-order chi connectivity index (χ0) is 19.6. The quantitative estimate of drug-likeness (QED) is 0.682. The smallest absolute Gasteiger partial charge is 0.265 e. The van der Waals surface area contributed by atoms with Crippen LogP contribution in [-0.2, 0) is 16.4 Å². The topological polar surface area (TPSA) is 81.4 Å². The molecule has 0 radical (unpaired) electrons. The van der Waals surface area contributed by atoms with Crippen LogP contribution < -0.4 is 9.46 Å². The molecule has 1 aromatic heterocycles. The lowest BCUT2D eigenvalue weighted by molar-refractivity contribution is 0.402. The van der Waals surface area contributed by atoms with Gasteiger partial charge in [0.2, 0.25) is 0 Å². The number of anilines is 1. The second kappa shape index (κ2) is 7.44. The number of sulfonamides is 1. The summed E-state index contributed by atoms with van der Waals surface area (Å²) < 4.78 is 39.6. The van der Waals surface area contributed by atoms with Gasteiger partial charge in [0, 0.05) is 11.6 Å². The Bertz CT molecular complexity index is 1070. The van der Waals surface area contributed by atoms with Crippen LogP contribution in [0.4, 0.5) is 5.69 Å². The van der Waals surface area contributed by atoms with Gasteiger partial charge in [0.05, 0.1) is 18.5 Å². The predicted octanol–water partition coefficient (Wildman–Crippen LogP) is 4.33. The lowest BCUT2D eigenvalue weighted by atomic mass is 10.1. The van der Waals surface area contributed by atoms with Gasteiger partial charge in [-0.3, -0.25) is 4.72 Å². The van der Waals surface area contributed by atoms with Crippen molar-refractivity contribution in [3.8, 4) is 17.1 Å². The van der Waals surface area contributed by atoms with E-state index in [0.29, 0.717) is 23.4 Å². The summed E-state index contributed by atoms with van der Waals surface area (Å²) in [6.07, 6.45) is 0.716. The van der Waals surface area contributed by atoms with E-state index in [1.807, 2.05) is 32.0 Å². The molecule has 1 N–H and O–H groups in total. The SMILES string of the molecule is CCc1cccc(C)c1NS(=O)(=O)c1cc(-c2cc(C)no2)ccc1OC. The van der Waals surface area contributed by atoms with E-state index in [4.69, 9.17) is 9.26 Å². The molecule has 0 aliphatic rings. The summed E-state index contributed by atoms with van der Waals surface area (Å²) in [7, 11) is -2.43. The average molecular weight is 386 g/mol. The highest BCUT2D eigenvalue weighted by Gasteiger charge is 2.23. The van der Waals surface area contributed by atoms with Gasteiger partial charge in [-0.15, -0.1) is 0 Å². The fraction of sp³-hybridized carbons (Fsp3) is 0.250. The average Bonchev–Trinajstić information content (AvgIpc) is 3.09. The molecule has 0 spiro atoms. The van der Waals surface area contributed by atoms with Crippen molar-refractivity contribution in [3.63, 3.8) is 0 Å². The third-order valence-electron chi connectivity index (χ3n) is 4.34. The molecule has 0 aliphatic carbocycles. The van der Waals surface area contributed by atoms with Gasteiger partial charge in [0.1, 0.15) is 10.6 Å². The van der Waals surface area contributed by atoms with Crippen LogP contribution in [0.5, 0.6) is 5.75 Å². The van der Waals surface area contributed by atoms with Crippen molar-refractivity contribution in [2.75, 3.05) is 11.8 Å². The molecule has 7 heteroatoms. The van der Waals surface area contributed by atoms with Crippen LogP contribution in [-0.4, -0.2) is 20.7 Å². The number of benzene rings is 2. The second-order valence-corrected chi connectivity index (χ2v) is 7.92. The first-order valence-electron chi connectivity index (χ1n) is 8.58. The number of hydrogen-bond donors (Lipinski definition) is 1. The van der Waals surface area contributed by atoms with Crippen LogP contribution in [0.3, 0.4) is 0 Å². The van der Waals surface area contributed by atoms with Crippen molar-refractivity contribution in [3.05, 3.63) is 59.3 Å². The first kappa shape index (κ1) is 19.0. The molecule has 0 amide bonds. The Morgan fingerprint density at radius 1 is 1.15 bits per heavy atom. The van der Waals surface area contributed by atoms with Gasteiger partial charge in [-0.05, 0) is 49.6 Å². The van der Waals surface area contributed by atoms with E-state index in [0.717, 1.165) is 16.8 Å². The molecule has 0 aliphatic heterocycles. The van der Waals surface area contributed by atoms with Crippen LogP contribution in [0.1, 0.15) is 23.7 Å². The number of rotatable bonds is 6. The molecule has 142 valence electrons. The molecule has 0 unspecified atom stereocenters. The molecule has 0 saturated carbocycles. The maximum absolute atomic E-state index is 13.2. The zero-order valence-electron chi connectivity index (χ0n) is 15.7. The van der Waals surface area contributed by atoms with Gasteiger partial charge < -0.3 is 9.26 Å². The maximum atomic E-state index is 13.2. The summed E-state index contributed by atoms with van der Waals surface area (Å²) in [5, 5.41) is 3.86. The van der Waals surface area contributed by atoms with Crippen LogP contribution in [0.15, 0.2) is 51.9 Å². The molecular formula is C20H22N2O4S. The molecule has 0 saturated heterocycles. The van der Waals surface area contributed by atoms with Crippen LogP contribution >= 0.6 is 0 Å². The highest BCUT2D eigenvalue weighted by atomic mass is 32.2. The van der Waals surface area contributed by atoms with E-state index in [-0.39, 0.29) is 10.6 Å². The minimum atomic E-state index is -3.87. The number of nitrogens with zero attached hydrogens (tertiary/aromatic N) is 1. The summed E-state index contributed by atoms with van der Waals surface area (Å²) in [5.41, 5.74) is 3.72. The van der Waals surface area contributed by atoms with E-state index < -0.39 is 10.0 Å². The number of para-hydroxylation sites is 1. The van der Waals surface area contributed by atoms with E-state index >= 15 is 0 Å². The highest BCUT2D eigenvalue weighted by molar-refractivity contribution is 7.92. The second-order valence-electron chi connectivity index (χ2n) is 6.27. The molecule has 6 nitrogen and oxygen atoms in total. The summed E-state index contributed by atoms with van der Waals surface area (Å²) >= 11 is 0. The minimum absolute atomic E-state index is 0.0434. The predicted molar refractivity (Wildman–Crippen MR) is 105 cm³/mol. The molecule has 3 aromatic rings. The monoisotopic (exact) mass is 386 g/mol. The van der Waals surface area contributed by atoms with E-state index in [1.165, 1.54) is 13.2 Å². The Kier molecular flexibility index (Phi) is 5.23. The normalized spacial score (nSPS) is 11.4. The van der Waals surface area contributed by atoms with Crippen molar-refractivity contribution >= 4 is 15.7 Å². The van der Waals surface area contributed by atoms with Gasteiger partial charge in [0.15, 0.2) is 5.76 Å². The molecule has 27 heavy (non-hydrogen) atoms. The van der Waals surface area contributed by atoms with Crippen molar-refractivity contribution in [1.82, 2.24) is 5.16 Å². The first-order valence-corrected chi connectivity index (χ1v) is 10.1. The lowest BCUT2D eigenvalue weighted by Crippen LogP contribution is -2.16. The van der Waals surface area contributed by atoms with Gasteiger partial charge >= 0.3 is 0 Å². The zero-order valence-corrected chi connectivity index (χ0v) is 16.6. The largest absolute Gasteiger partial charge is 0.495 e. The summed E-state index contributed by atoms with van der Waals surface area (Å²) in [4.78, 5) is 0.0434. The van der Waals surface area contributed by atoms with Crippen LogP contribution in [0.2, 0.25) is 0 Å². The Labute approximate surface area is 159 Å². The lowest BCUT2D eigenvalue weighted by Gasteiger charge is -2.16. The Balaban J connectivity index is 2.08. The molecule has 0 atom stereocenters. The van der Waals surface area contributed by atoms with Gasteiger partial charge in [0.25, 0.3) is 10.0 Å². The van der Waals surface area contributed by atoms with Crippen molar-refractivity contribution in [1.29, 1.82) is 0 Å². The fourth-order valence-corrected chi connectivity index (χ4v) is 4.27. The van der Waals surface area contributed by atoms with Crippen molar-refractivity contribution < 1.29 is 17.7 Å². The van der Waals surface area contributed by atoms with Crippen LogP contribution in [0, 0.1) is 13.8 Å². The third kappa shape index (κ3) is 3.83. The molecular weight excluding hydrogens is 364 g/mol. The van der Waals surface area contributed by atoms with E-state index in [2.05, 4.69) is 9.88 Å². The standard InChI is InChI=1S/C20H22N2O4S/c1-5-15-8-6-7-13(2)20(15)22-27(23,24)19-12-16(9-10-17(19)25-4)18-11-14(3)21-26-18/h6-12,22H,5H2,1-4H3. The Morgan fingerprint density at radius 2 is 1.93 bits per heavy atom. The number of methoxy groups -OCH3 is 1. The van der Waals surface area contributed by atoms with Gasteiger partial charge in [-0.25, -0.2) is 8.42 Å². The van der Waals surface area contributed by atoms with Crippen LogP contribution in [0.25, 0.3) is 11.3 Å². The summed E-state index contributed by atoms with van der Waals surface area (Å²) in [5.74, 6) is 0.755. The number of nitrogens with one attached hydrogen (secondary N) is 1. The first-order chi connectivity index (χ1) is 12.9. The number of ether oxygens (including phenoxy) is 1. The maximum Gasteiger partial charge on any atom is 0.265 e. The molecule has 0 fully saturated rings. The number of aromatic nitrogens is 1. The van der Waals surface area contributed by atoms with Crippen molar-refractivity contribution in [2.45, 2.75) is 32.1 Å². The highest BCUT2D eigenvalue weighted by Crippen LogP contribution is 2.32. The third-order valence-corrected chi connectivity index (χ3v) is 5.71. The van der Waals surface area contributed by atoms with Gasteiger partial charge in [-0.1, -0.05) is 30.3 Å². The molecule has 1 heterocycles. The van der Waals surface area contributed by atoms with E-state index in [9.17, 15) is 8.42 Å². The van der Waals surface area contributed by atoms with Crippen molar-refractivity contribution in [2.24, 2.45) is 0 Å². The summed E-state index contributed by atoms with van der Waals surface area (Å²) in [6.45, 7) is 5.67. The summed E-state index contributed by atoms with van der Waals surface area (Å²) in [6, 6.07) is 12.3. The Morgan fingerprint density at radius 3 is 2.56 bits per heavy atom. The number of hydrogen-bond acceptors (Lipinski definition) is 5. The minimum Gasteiger partial charge on any atom is -0.495 e. The van der Waals surface area contributed by atoms with Gasteiger partial charge in [-0.2, -0.15) is 0 Å². The fourth-order valence-electron chi connectivity index (χ4n) is 2.90.